The van der Waals surface area contributed by atoms with Crippen LogP contribution in [0.3, 0.4) is 0 Å². The predicted molar refractivity (Wildman–Crippen MR) is 200 cm³/mol. The van der Waals surface area contributed by atoms with Crippen LogP contribution in [-0.4, -0.2) is 37.1 Å². The number of halogens is 6. The molecule has 2 aromatic rings. The summed E-state index contributed by atoms with van der Waals surface area (Å²) in [6.07, 6.45) is 11.5. The summed E-state index contributed by atoms with van der Waals surface area (Å²) in [5.41, 5.74) is -0.919. The number of carbonyl (C=O) groups excluding carboxylic acids is 4. The molecule has 0 bridgehead atoms. The standard InChI is InChI=1S/C36H44Cl6O8/c1-5-13-21(3)15-9-7-11-17-47-33(43)27-29(41)23(37)19-25(39)31(27)49-35(45)36(46)50-32-26(40)20-24(38)30(42)28(32)34(44)48-18-12-8-10-16-22(4)14-6-2/h19-22H,5-18H2,1-4H3. The zero-order valence-electron chi connectivity index (χ0n) is 28.7. The van der Waals surface area contributed by atoms with Crippen molar-refractivity contribution in [1.29, 1.82) is 0 Å². The molecule has 0 saturated heterocycles. The Kier molecular flexibility index (Phi) is 20.2. The average molecular weight is 817 g/mol. The highest BCUT2D eigenvalue weighted by molar-refractivity contribution is 6.47. The van der Waals surface area contributed by atoms with Crippen molar-refractivity contribution in [3.8, 4) is 11.5 Å². The Morgan fingerprint density at radius 3 is 1.24 bits per heavy atom. The highest BCUT2D eigenvalue weighted by Crippen LogP contribution is 2.42. The lowest BCUT2D eigenvalue weighted by molar-refractivity contribution is -0.156. The number of hydrogen-bond acceptors (Lipinski definition) is 8. The number of benzene rings is 2. The summed E-state index contributed by atoms with van der Waals surface area (Å²) >= 11 is 37.4. The topological polar surface area (TPSA) is 105 Å². The van der Waals surface area contributed by atoms with Gasteiger partial charge in [-0.2, -0.15) is 0 Å². The van der Waals surface area contributed by atoms with Crippen molar-refractivity contribution in [2.45, 2.75) is 105 Å². The molecule has 14 heteroatoms. The van der Waals surface area contributed by atoms with Crippen molar-refractivity contribution in [2.75, 3.05) is 13.2 Å². The fraction of sp³-hybridized carbons (Fsp3) is 0.556. The molecule has 0 aliphatic carbocycles. The van der Waals surface area contributed by atoms with Crippen LogP contribution in [0.25, 0.3) is 0 Å². The van der Waals surface area contributed by atoms with E-state index in [-0.39, 0.29) is 43.3 Å². The van der Waals surface area contributed by atoms with E-state index in [9.17, 15) is 19.2 Å². The lowest BCUT2D eigenvalue weighted by Gasteiger charge is -2.16. The van der Waals surface area contributed by atoms with Crippen LogP contribution < -0.4 is 9.47 Å². The Morgan fingerprint density at radius 1 is 0.540 bits per heavy atom. The molecule has 50 heavy (non-hydrogen) atoms. The minimum atomic E-state index is -1.64. The first-order valence-electron chi connectivity index (χ1n) is 16.9. The molecular weight excluding hydrogens is 773 g/mol. The summed E-state index contributed by atoms with van der Waals surface area (Å²) in [5.74, 6) is -5.13. The van der Waals surface area contributed by atoms with E-state index in [4.69, 9.17) is 88.6 Å². The van der Waals surface area contributed by atoms with Crippen molar-refractivity contribution < 1.29 is 38.1 Å². The molecule has 0 heterocycles. The van der Waals surface area contributed by atoms with Gasteiger partial charge in [0.15, 0.2) is 11.5 Å². The van der Waals surface area contributed by atoms with Gasteiger partial charge in [-0.15, -0.1) is 0 Å². The quantitative estimate of drug-likeness (QED) is 0.0428. The van der Waals surface area contributed by atoms with E-state index in [1.54, 1.807) is 0 Å². The maximum absolute atomic E-state index is 13.1. The van der Waals surface area contributed by atoms with E-state index < -0.39 is 46.5 Å². The third kappa shape index (κ3) is 13.9. The smallest absolute Gasteiger partial charge is 0.423 e. The number of rotatable bonds is 20. The van der Waals surface area contributed by atoms with Crippen LogP contribution in [0.15, 0.2) is 12.1 Å². The molecule has 0 aliphatic heterocycles. The lowest BCUT2D eigenvalue weighted by Crippen LogP contribution is -2.27. The van der Waals surface area contributed by atoms with Crippen molar-refractivity contribution in [1.82, 2.24) is 0 Å². The van der Waals surface area contributed by atoms with Crippen LogP contribution in [0.5, 0.6) is 11.5 Å². The van der Waals surface area contributed by atoms with Gasteiger partial charge in [0.1, 0.15) is 11.1 Å². The second kappa shape index (κ2) is 22.9. The Bertz CT molecular complexity index is 1370. The van der Waals surface area contributed by atoms with Crippen molar-refractivity contribution in [2.24, 2.45) is 11.8 Å². The molecule has 0 saturated carbocycles. The molecule has 0 aromatic heterocycles. The number of hydrogen-bond donors (Lipinski definition) is 0. The van der Waals surface area contributed by atoms with Gasteiger partial charge < -0.3 is 18.9 Å². The molecule has 0 N–H and O–H groups in total. The lowest BCUT2D eigenvalue weighted by atomic mass is 9.99. The molecule has 0 radical (unpaired) electrons. The minimum absolute atomic E-state index is 0.0593. The molecule has 0 spiro atoms. The zero-order valence-corrected chi connectivity index (χ0v) is 33.3. The van der Waals surface area contributed by atoms with Gasteiger partial charge in [0, 0.05) is 0 Å². The average Bonchev–Trinajstić information content (AvgIpc) is 3.05. The van der Waals surface area contributed by atoms with Crippen LogP contribution >= 0.6 is 69.6 Å². The van der Waals surface area contributed by atoms with Gasteiger partial charge in [-0.3, -0.25) is 0 Å². The maximum Gasteiger partial charge on any atom is 0.423 e. The molecule has 0 amide bonds. The van der Waals surface area contributed by atoms with Crippen LogP contribution in [0.1, 0.15) is 125 Å². The zero-order chi connectivity index (χ0) is 37.4. The summed E-state index contributed by atoms with van der Waals surface area (Å²) in [6.45, 7) is 8.83. The largest absolute Gasteiger partial charge is 0.462 e. The molecule has 8 nitrogen and oxygen atoms in total. The highest BCUT2D eigenvalue weighted by Gasteiger charge is 2.32. The van der Waals surface area contributed by atoms with Gasteiger partial charge in [0.25, 0.3) is 0 Å². The fourth-order valence-electron chi connectivity index (χ4n) is 5.28. The van der Waals surface area contributed by atoms with Gasteiger partial charge in [-0.25, -0.2) is 19.2 Å². The van der Waals surface area contributed by atoms with Crippen molar-refractivity contribution in [3.63, 3.8) is 0 Å². The maximum atomic E-state index is 13.1. The highest BCUT2D eigenvalue weighted by atomic mass is 35.5. The summed E-state index contributed by atoms with van der Waals surface area (Å²) in [5, 5.41) is -1.47. The first-order chi connectivity index (χ1) is 23.7. The Hall–Kier alpha value is -1.94. The number of esters is 4. The van der Waals surface area contributed by atoms with Crippen LogP contribution in [-0.2, 0) is 19.1 Å². The van der Waals surface area contributed by atoms with Crippen LogP contribution in [0.4, 0.5) is 0 Å². The molecule has 0 fully saturated rings. The molecule has 2 atom stereocenters. The minimum Gasteiger partial charge on any atom is -0.462 e. The van der Waals surface area contributed by atoms with Gasteiger partial charge >= 0.3 is 23.9 Å². The van der Waals surface area contributed by atoms with Crippen molar-refractivity contribution in [3.05, 3.63) is 53.4 Å². The van der Waals surface area contributed by atoms with Gasteiger partial charge in [-0.05, 0) is 36.8 Å². The molecule has 2 aromatic carbocycles. The van der Waals surface area contributed by atoms with E-state index in [1.807, 2.05) is 0 Å². The van der Waals surface area contributed by atoms with E-state index >= 15 is 0 Å². The van der Waals surface area contributed by atoms with Gasteiger partial charge in [0.2, 0.25) is 0 Å². The summed E-state index contributed by atoms with van der Waals surface area (Å²) in [7, 11) is 0. The first-order valence-corrected chi connectivity index (χ1v) is 19.1. The predicted octanol–water partition coefficient (Wildman–Crippen LogP) is 12.4. The van der Waals surface area contributed by atoms with Crippen LogP contribution in [0, 0.1) is 11.8 Å². The summed E-state index contributed by atoms with van der Waals surface area (Å²) < 4.78 is 21.1. The fourth-order valence-corrected chi connectivity index (χ4v) is 6.72. The summed E-state index contributed by atoms with van der Waals surface area (Å²) in [4.78, 5) is 52.1. The molecule has 2 rings (SSSR count). The Labute approximate surface area is 324 Å². The third-order valence-electron chi connectivity index (χ3n) is 7.93. The number of ether oxygens (including phenoxy) is 4. The SMILES string of the molecule is CCCC(C)CCCCCOC(=O)c1c(Cl)c(Cl)cc(Cl)c1OC(=O)C(=O)Oc1c(Cl)cc(Cl)c(Cl)c1C(=O)OCCCCCC(C)CCC. The van der Waals surface area contributed by atoms with E-state index in [1.165, 1.54) is 0 Å². The van der Waals surface area contributed by atoms with Gasteiger partial charge in [-0.1, -0.05) is 162 Å². The molecule has 0 aliphatic rings. The second-order valence-electron chi connectivity index (χ2n) is 12.3. The monoisotopic (exact) mass is 814 g/mol. The number of carbonyl (C=O) groups is 4. The summed E-state index contributed by atoms with van der Waals surface area (Å²) in [6, 6.07) is 2.26. The van der Waals surface area contributed by atoms with Crippen LogP contribution in [0.2, 0.25) is 30.1 Å². The number of unbranched alkanes of at least 4 members (excludes halogenated alkanes) is 4. The molecule has 2 unspecified atom stereocenters. The molecule has 278 valence electrons. The third-order valence-corrected chi connectivity index (χ3v) is 10.1. The second-order valence-corrected chi connectivity index (χ2v) is 14.6. The normalized spacial score (nSPS) is 12.3. The Morgan fingerprint density at radius 2 is 0.900 bits per heavy atom. The van der Waals surface area contributed by atoms with Crippen molar-refractivity contribution >= 4 is 93.5 Å². The van der Waals surface area contributed by atoms with E-state index in [0.29, 0.717) is 24.7 Å². The Balaban J connectivity index is 2.14. The van der Waals surface area contributed by atoms with E-state index in [2.05, 4.69) is 27.7 Å². The first kappa shape index (κ1) is 44.2. The van der Waals surface area contributed by atoms with E-state index in [0.717, 1.165) is 76.3 Å². The molecular formula is C36H44Cl6O8. The van der Waals surface area contributed by atoms with Gasteiger partial charge in [0.05, 0.1) is 43.3 Å².